The maximum absolute atomic E-state index is 12.8. The first-order valence-electron chi connectivity index (χ1n) is 8.65. The summed E-state index contributed by atoms with van der Waals surface area (Å²) in [6, 6.07) is 12.1. The van der Waals surface area contributed by atoms with E-state index in [1.54, 1.807) is 24.3 Å². The minimum Gasteiger partial charge on any atom is -0.492 e. The van der Waals surface area contributed by atoms with Crippen LogP contribution >= 0.6 is 0 Å². The molecule has 1 heterocycles. The Kier molecular flexibility index (Phi) is 6.10. The molecule has 0 aromatic heterocycles. The second-order valence-electron chi connectivity index (χ2n) is 6.14. The number of carbonyl (C=O) groups is 1. The van der Waals surface area contributed by atoms with Crippen LogP contribution < -0.4 is 10.5 Å². The number of nitrogens with two attached hydrogens (primary N) is 1. The molecule has 0 atom stereocenters. The van der Waals surface area contributed by atoms with Gasteiger partial charge in [0.2, 0.25) is 15.7 Å². The third kappa shape index (κ3) is 4.65. The lowest BCUT2D eigenvalue weighted by molar-refractivity contribution is 0.0322. The van der Waals surface area contributed by atoms with Crippen molar-refractivity contribution < 1.29 is 22.7 Å². The summed E-state index contributed by atoms with van der Waals surface area (Å²) >= 11 is 0. The lowest BCUT2D eigenvalue weighted by Crippen LogP contribution is -2.38. The predicted octanol–water partition coefficient (Wildman–Crippen LogP) is 1.33. The average Bonchev–Trinajstić information content (AvgIpc) is 2.69. The van der Waals surface area contributed by atoms with Gasteiger partial charge in [-0.1, -0.05) is 12.1 Å². The first kappa shape index (κ1) is 19.3. The molecule has 27 heavy (non-hydrogen) atoms. The minimum absolute atomic E-state index is 0.0247. The van der Waals surface area contributed by atoms with Crippen molar-refractivity contribution >= 4 is 15.7 Å². The summed E-state index contributed by atoms with van der Waals surface area (Å²) in [5.41, 5.74) is 5.27. The fraction of sp³-hybridized carbons (Fsp3) is 0.316. The van der Waals surface area contributed by atoms with E-state index in [1.165, 1.54) is 24.3 Å². The van der Waals surface area contributed by atoms with Gasteiger partial charge in [0.25, 0.3) is 0 Å². The molecule has 144 valence electrons. The molecule has 0 aliphatic carbocycles. The molecule has 0 saturated carbocycles. The van der Waals surface area contributed by atoms with Gasteiger partial charge in [-0.3, -0.25) is 9.69 Å². The molecule has 1 amide bonds. The molecule has 0 bridgehead atoms. The number of benzene rings is 2. The van der Waals surface area contributed by atoms with Crippen molar-refractivity contribution in [3.8, 4) is 5.75 Å². The number of sulfone groups is 1. The summed E-state index contributed by atoms with van der Waals surface area (Å²) in [6.45, 7) is 4.55. The highest BCUT2D eigenvalue weighted by atomic mass is 32.2. The SMILES string of the molecule is NC(=O)c1ccccc1S(=O)(=O)c1ccc(OCCN2CCOCC2)cc1. The van der Waals surface area contributed by atoms with E-state index in [-0.39, 0.29) is 15.4 Å². The molecule has 1 aliphatic heterocycles. The fourth-order valence-electron chi connectivity index (χ4n) is 2.86. The second kappa shape index (κ2) is 8.51. The minimum atomic E-state index is -3.85. The molecule has 3 rings (SSSR count). The highest BCUT2D eigenvalue weighted by molar-refractivity contribution is 7.91. The number of ether oxygens (including phenoxy) is 2. The second-order valence-corrected chi connectivity index (χ2v) is 8.06. The molecule has 2 aromatic rings. The molecule has 0 spiro atoms. The van der Waals surface area contributed by atoms with E-state index in [0.717, 1.165) is 32.8 Å². The van der Waals surface area contributed by atoms with E-state index in [0.29, 0.717) is 12.4 Å². The van der Waals surface area contributed by atoms with E-state index in [9.17, 15) is 13.2 Å². The highest BCUT2D eigenvalue weighted by Gasteiger charge is 2.23. The van der Waals surface area contributed by atoms with Gasteiger partial charge in [-0.15, -0.1) is 0 Å². The molecule has 0 radical (unpaired) electrons. The lowest BCUT2D eigenvalue weighted by Gasteiger charge is -2.26. The number of hydrogen-bond donors (Lipinski definition) is 1. The summed E-state index contributed by atoms with van der Waals surface area (Å²) in [5, 5.41) is 0. The zero-order chi connectivity index (χ0) is 19.3. The molecule has 7 nitrogen and oxygen atoms in total. The van der Waals surface area contributed by atoms with Crippen LogP contribution in [0.4, 0.5) is 0 Å². The maximum Gasteiger partial charge on any atom is 0.250 e. The van der Waals surface area contributed by atoms with Crippen LogP contribution in [0.1, 0.15) is 10.4 Å². The summed E-state index contributed by atoms with van der Waals surface area (Å²) in [7, 11) is -3.85. The van der Waals surface area contributed by atoms with Gasteiger partial charge in [0, 0.05) is 19.6 Å². The Balaban J connectivity index is 1.68. The number of nitrogens with zero attached hydrogens (tertiary/aromatic N) is 1. The van der Waals surface area contributed by atoms with E-state index in [2.05, 4.69) is 4.90 Å². The maximum atomic E-state index is 12.8. The van der Waals surface area contributed by atoms with Gasteiger partial charge in [0.15, 0.2) is 0 Å². The summed E-state index contributed by atoms with van der Waals surface area (Å²) in [4.78, 5) is 13.8. The molecule has 2 aromatic carbocycles. The highest BCUT2D eigenvalue weighted by Crippen LogP contribution is 2.25. The first-order chi connectivity index (χ1) is 13.0. The van der Waals surface area contributed by atoms with Crippen molar-refractivity contribution in [1.29, 1.82) is 0 Å². The van der Waals surface area contributed by atoms with Gasteiger partial charge in [-0.25, -0.2) is 8.42 Å². The number of primary amides is 1. The van der Waals surface area contributed by atoms with Gasteiger partial charge in [-0.05, 0) is 36.4 Å². The van der Waals surface area contributed by atoms with E-state index in [4.69, 9.17) is 15.2 Å². The molecular weight excluding hydrogens is 368 g/mol. The zero-order valence-electron chi connectivity index (χ0n) is 14.8. The van der Waals surface area contributed by atoms with Gasteiger partial charge < -0.3 is 15.2 Å². The van der Waals surface area contributed by atoms with Crippen LogP contribution in [0.2, 0.25) is 0 Å². The number of hydrogen-bond acceptors (Lipinski definition) is 6. The standard InChI is InChI=1S/C19H22N2O5S/c20-19(22)17-3-1-2-4-18(17)27(23,24)16-7-5-15(6-8-16)26-14-11-21-9-12-25-13-10-21/h1-8H,9-14H2,(H2,20,22). The van der Waals surface area contributed by atoms with Crippen LogP contribution in [0.3, 0.4) is 0 Å². The summed E-state index contributed by atoms with van der Waals surface area (Å²) in [6.07, 6.45) is 0. The van der Waals surface area contributed by atoms with Crippen LogP contribution in [-0.4, -0.2) is 58.7 Å². The van der Waals surface area contributed by atoms with Crippen LogP contribution in [0, 0.1) is 0 Å². The van der Waals surface area contributed by atoms with Crippen molar-refractivity contribution in [3.05, 3.63) is 54.1 Å². The van der Waals surface area contributed by atoms with Gasteiger partial charge in [-0.2, -0.15) is 0 Å². The zero-order valence-corrected chi connectivity index (χ0v) is 15.7. The lowest BCUT2D eigenvalue weighted by atomic mass is 10.2. The number of rotatable bonds is 7. The van der Waals surface area contributed by atoms with Crippen molar-refractivity contribution in [2.45, 2.75) is 9.79 Å². The van der Waals surface area contributed by atoms with E-state index < -0.39 is 15.7 Å². The number of carbonyl (C=O) groups excluding carboxylic acids is 1. The third-order valence-electron chi connectivity index (χ3n) is 4.36. The van der Waals surface area contributed by atoms with Crippen LogP contribution in [0.25, 0.3) is 0 Å². The number of amides is 1. The monoisotopic (exact) mass is 390 g/mol. The Labute approximate surface area is 158 Å². The van der Waals surface area contributed by atoms with E-state index >= 15 is 0 Å². The quantitative estimate of drug-likeness (QED) is 0.766. The average molecular weight is 390 g/mol. The Morgan fingerprint density at radius 1 is 1.07 bits per heavy atom. The molecule has 8 heteroatoms. The normalized spacial score (nSPS) is 15.4. The van der Waals surface area contributed by atoms with Gasteiger partial charge in [0.05, 0.1) is 28.6 Å². The van der Waals surface area contributed by atoms with E-state index in [1.807, 2.05) is 0 Å². The van der Waals surface area contributed by atoms with Crippen LogP contribution in [-0.2, 0) is 14.6 Å². The van der Waals surface area contributed by atoms with Crippen molar-refractivity contribution in [2.75, 3.05) is 39.5 Å². The van der Waals surface area contributed by atoms with Crippen LogP contribution in [0.15, 0.2) is 58.3 Å². The largest absolute Gasteiger partial charge is 0.492 e. The summed E-state index contributed by atoms with van der Waals surface area (Å²) < 4.78 is 36.6. The molecule has 0 unspecified atom stereocenters. The smallest absolute Gasteiger partial charge is 0.250 e. The Hall–Kier alpha value is -2.42. The van der Waals surface area contributed by atoms with Gasteiger partial charge in [0.1, 0.15) is 12.4 Å². The first-order valence-corrected chi connectivity index (χ1v) is 10.1. The molecule has 1 saturated heterocycles. The number of morpholine rings is 1. The predicted molar refractivity (Wildman–Crippen MR) is 99.6 cm³/mol. The van der Waals surface area contributed by atoms with Crippen LogP contribution in [0.5, 0.6) is 5.75 Å². The third-order valence-corrected chi connectivity index (χ3v) is 6.18. The topological polar surface area (TPSA) is 98.9 Å². The molecule has 2 N–H and O–H groups in total. The Bertz CT molecular complexity index is 891. The molecular formula is C19H22N2O5S. The molecule has 1 fully saturated rings. The molecule has 1 aliphatic rings. The van der Waals surface area contributed by atoms with Crippen molar-refractivity contribution in [3.63, 3.8) is 0 Å². The Morgan fingerprint density at radius 3 is 2.41 bits per heavy atom. The Morgan fingerprint density at radius 2 is 1.74 bits per heavy atom. The van der Waals surface area contributed by atoms with Gasteiger partial charge >= 0.3 is 0 Å². The van der Waals surface area contributed by atoms with Crippen molar-refractivity contribution in [2.24, 2.45) is 5.73 Å². The summed E-state index contributed by atoms with van der Waals surface area (Å²) in [5.74, 6) is -0.192. The van der Waals surface area contributed by atoms with Crippen molar-refractivity contribution in [1.82, 2.24) is 4.90 Å². The fourth-order valence-corrected chi connectivity index (χ4v) is 4.33.